The normalized spacial score (nSPS) is 18.4. The van der Waals surface area contributed by atoms with E-state index in [1.807, 2.05) is 39.0 Å². The van der Waals surface area contributed by atoms with Gasteiger partial charge in [-0.1, -0.05) is 6.07 Å². The molecular weight excluding hydrogens is 294 g/mol. The smallest absolute Gasteiger partial charge is 0.410 e. The van der Waals surface area contributed by atoms with Crippen molar-refractivity contribution >= 4 is 17.0 Å². The average Bonchev–Trinajstić information content (AvgIpc) is 3.12. The Balaban J connectivity index is 1.65. The fourth-order valence-electron chi connectivity index (χ4n) is 2.82. The van der Waals surface area contributed by atoms with Crippen LogP contribution in [0.4, 0.5) is 4.79 Å². The summed E-state index contributed by atoms with van der Waals surface area (Å²) in [6, 6.07) is 5.85. The first-order chi connectivity index (χ1) is 10.9. The van der Waals surface area contributed by atoms with Gasteiger partial charge in [0.1, 0.15) is 18.0 Å². The minimum Gasteiger partial charge on any atom is -0.491 e. The quantitative estimate of drug-likeness (QED) is 0.943. The zero-order valence-electron chi connectivity index (χ0n) is 13.8. The van der Waals surface area contributed by atoms with Gasteiger partial charge in [0.25, 0.3) is 0 Å². The van der Waals surface area contributed by atoms with Crippen LogP contribution in [-0.4, -0.2) is 46.0 Å². The molecule has 2 aromatic rings. The first kappa shape index (κ1) is 15.6. The van der Waals surface area contributed by atoms with Gasteiger partial charge >= 0.3 is 6.09 Å². The maximum absolute atomic E-state index is 12.3. The number of aromatic amines is 1. The van der Waals surface area contributed by atoms with E-state index >= 15 is 0 Å². The van der Waals surface area contributed by atoms with Gasteiger partial charge in [0.15, 0.2) is 0 Å². The Kier molecular flexibility index (Phi) is 4.15. The van der Waals surface area contributed by atoms with Crippen LogP contribution in [0, 0.1) is 0 Å². The molecule has 1 aliphatic rings. The number of ether oxygens (including phenoxy) is 2. The third-order valence-electron chi connectivity index (χ3n) is 3.88. The Labute approximate surface area is 135 Å². The lowest BCUT2D eigenvalue weighted by atomic mass is 10.2. The van der Waals surface area contributed by atoms with E-state index in [1.54, 1.807) is 11.1 Å². The lowest BCUT2D eigenvalue weighted by Gasteiger charge is -2.28. The number of nitrogens with one attached hydrogen (secondary N) is 1. The first-order valence-corrected chi connectivity index (χ1v) is 7.98. The third-order valence-corrected chi connectivity index (χ3v) is 3.88. The van der Waals surface area contributed by atoms with E-state index in [-0.39, 0.29) is 12.1 Å². The van der Waals surface area contributed by atoms with E-state index in [0.717, 1.165) is 36.0 Å². The molecule has 1 saturated heterocycles. The van der Waals surface area contributed by atoms with Gasteiger partial charge in [0.05, 0.1) is 23.1 Å². The van der Waals surface area contributed by atoms with Gasteiger partial charge in [-0.15, -0.1) is 0 Å². The number of rotatable bonds is 3. The molecule has 0 bridgehead atoms. The Morgan fingerprint density at radius 2 is 2.26 bits per heavy atom. The van der Waals surface area contributed by atoms with Crippen LogP contribution in [0.25, 0.3) is 10.9 Å². The molecule has 0 spiro atoms. The maximum Gasteiger partial charge on any atom is 0.410 e. The number of amides is 1. The minimum absolute atomic E-state index is 0.0482. The highest BCUT2D eigenvalue weighted by molar-refractivity contribution is 5.84. The van der Waals surface area contributed by atoms with Gasteiger partial charge in [-0.05, 0) is 45.7 Å². The summed E-state index contributed by atoms with van der Waals surface area (Å²) >= 11 is 0. The van der Waals surface area contributed by atoms with Crippen molar-refractivity contribution in [2.45, 2.75) is 45.3 Å². The summed E-state index contributed by atoms with van der Waals surface area (Å²) in [5.41, 5.74) is 0.464. The highest BCUT2D eigenvalue weighted by Gasteiger charge is 2.32. The van der Waals surface area contributed by atoms with E-state index in [9.17, 15) is 4.79 Å². The van der Waals surface area contributed by atoms with Crippen LogP contribution < -0.4 is 4.74 Å². The molecule has 6 nitrogen and oxygen atoms in total. The Bertz CT molecular complexity index is 690. The van der Waals surface area contributed by atoms with Crippen molar-refractivity contribution in [3.63, 3.8) is 0 Å². The SMILES string of the molecule is CC(C)(C)OC(=O)N1CCC[C@H]1COc1cccc2[nH]ncc12. The van der Waals surface area contributed by atoms with E-state index in [0.29, 0.717) is 6.61 Å². The molecule has 2 heterocycles. The number of H-pyrrole nitrogens is 1. The number of benzene rings is 1. The van der Waals surface area contributed by atoms with Crippen LogP contribution in [0.15, 0.2) is 24.4 Å². The molecule has 3 rings (SSSR count). The van der Waals surface area contributed by atoms with Crippen LogP contribution in [-0.2, 0) is 4.74 Å². The van der Waals surface area contributed by atoms with Crippen molar-refractivity contribution in [2.75, 3.05) is 13.2 Å². The summed E-state index contributed by atoms with van der Waals surface area (Å²) in [5, 5.41) is 7.91. The maximum atomic E-state index is 12.3. The van der Waals surface area contributed by atoms with E-state index in [1.165, 1.54) is 0 Å². The molecule has 6 heteroatoms. The van der Waals surface area contributed by atoms with Gasteiger partial charge in [-0.2, -0.15) is 5.10 Å². The van der Waals surface area contributed by atoms with Gasteiger partial charge in [-0.25, -0.2) is 4.79 Å². The predicted octanol–water partition coefficient (Wildman–Crippen LogP) is 3.34. The number of likely N-dealkylation sites (tertiary alicyclic amines) is 1. The summed E-state index contributed by atoms with van der Waals surface area (Å²) in [7, 11) is 0. The number of fused-ring (bicyclic) bond motifs is 1. The monoisotopic (exact) mass is 317 g/mol. The highest BCUT2D eigenvalue weighted by atomic mass is 16.6. The second-order valence-corrected chi connectivity index (χ2v) is 6.87. The van der Waals surface area contributed by atoms with Crippen molar-refractivity contribution in [1.29, 1.82) is 0 Å². The van der Waals surface area contributed by atoms with Crippen LogP contribution in [0.2, 0.25) is 0 Å². The molecule has 1 aromatic heterocycles. The molecule has 1 aromatic carbocycles. The standard InChI is InChI=1S/C17H23N3O3/c1-17(2,3)23-16(21)20-9-5-6-12(20)11-22-15-8-4-7-14-13(15)10-18-19-14/h4,7-8,10,12H,5-6,9,11H2,1-3H3,(H,18,19)/t12-/m0/s1. The Hall–Kier alpha value is -2.24. The van der Waals surface area contributed by atoms with Crippen molar-refractivity contribution in [3.05, 3.63) is 24.4 Å². The number of carbonyl (C=O) groups is 1. The van der Waals surface area contributed by atoms with Crippen LogP contribution in [0.3, 0.4) is 0 Å². The molecule has 1 aliphatic heterocycles. The summed E-state index contributed by atoms with van der Waals surface area (Å²) in [4.78, 5) is 14.1. The molecule has 1 atom stereocenters. The summed E-state index contributed by atoms with van der Waals surface area (Å²) in [6.07, 6.45) is 3.40. The molecule has 0 radical (unpaired) electrons. The molecule has 1 N–H and O–H groups in total. The molecule has 1 fully saturated rings. The van der Waals surface area contributed by atoms with E-state index in [2.05, 4.69) is 10.2 Å². The lowest BCUT2D eigenvalue weighted by Crippen LogP contribution is -2.42. The molecular formula is C17H23N3O3. The molecule has 124 valence electrons. The minimum atomic E-state index is -0.479. The van der Waals surface area contributed by atoms with Gasteiger partial charge < -0.3 is 14.4 Å². The summed E-state index contributed by atoms with van der Waals surface area (Å²) < 4.78 is 11.4. The van der Waals surface area contributed by atoms with E-state index < -0.39 is 5.60 Å². The molecule has 0 unspecified atom stereocenters. The zero-order valence-corrected chi connectivity index (χ0v) is 13.8. The molecule has 23 heavy (non-hydrogen) atoms. The van der Waals surface area contributed by atoms with Gasteiger partial charge in [0, 0.05) is 6.54 Å². The van der Waals surface area contributed by atoms with Crippen LogP contribution in [0.5, 0.6) is 5.75 Å². The number of hydrogen-bond donors (Lipinski definition) is 1. The van der Waals surface area contributed by atoms with Crippen molar-refractivity contribution < 1.29 is 14.3 Å². The number of aromatic nitrogens is 2. The summed E-state index contributed by atoms with van der Waals surface area (Å²) in [6.45, 7) is 6.83. The van der Waals surface area contributed by atoms with Crippen molar-refractivity contribution in [3.8, 4) is 5.75 Å². The Morgan fingerprint density at radius 1 is 1.43 bits per heavy atom. The number of hydrogen-bond acceptors (Lipinski definition) is 4. The van der Waals surface area contributed by atoms with Gasteiger partial charge in [-0.3, -0.25) is 5.10 Å². The largest absolute Gasteiger partial charge is 0.491 e. The Morgan fingerprint density at radius 3 is 3.04 bits per heavy atom. The first-order valence-electron chi connectivity index (χ1n) is 7.98. The summed E-state index contributed by atoms with van der Waals surface area (Å²) in [5.74, 6) is 0.785. The van der Waals surface area contributed by atoms with Crippen LogP contribution >= 0.6 is 0 Å². The predicted molar refractivity (Wildman–Crippen MR) is 87.6 cm³/mol. The van der Waals surface area contributed by atoms with Crippen molar-refractivity contribution in [1.82, 2.24) is 15.1 Å². The molecule has 0 aliphatic carbocycles. The topological polar surface area (TPSA) is 67.4 Å². The molecule has 1 amide bonds. The average molecular weight is 317 g/mol. The second kappa shape index (κ2) is 6.10. The molecule has 0 saturated carbocycles. The van der Waals surface area contributed by atoms with Crippen molar-refractivity contribution in [2.24, 2.45) is 0 Å². The zero-order chi connectivity index (χ0) is 16.4. The number of nitrogens with zero attached hydrogens (tertiary/aromatic N) is 2. The lowest BCUT2D eigenvalue weighted by molar-refractivity contribution is 0.0188. The third kappa shape index (κ3) is 3.57. The second-order valence-electron chi connectivity index (χ2n) is 6.87. The fraction of sp³-hybridized carbons (Fsp3) is 0.529. The van der Waals surface area contributed by atoms with Crippen LogP contribution in [0.1, 0.15) is 33.6 Å². The van der Waals surface area contributed by atoms with Gasteiger partial charge in [0.2, 0.25) is 0 Å². The fourth-order valence-corrected chi connectivity index (χ4v) is 2.82. The van der Waals surface area contributed by atoms with E-state index in [4.69, 9.17) is 9.47 Å². The number of carbonyl (C=O) groups excluding carboxylic acids is 1. The highest BCUT2D eigenvalue weighted by Crippen LogP contribution is 2.26.